The van der Waals surface area contributed by atoms with Crippen molar-refractivity contribution in [3.63, 3.8) is 0 Å². The van der Waals surface area contributed by atoms with Crippen LogP contribution in [0.3, 0.4) is 0 Å². The fraction of sp³-hybridized carbons (Fsp3) is 0.143. The van der Waals surface area contributed by atoms with Crippen molar-refractivity contribution in [3.05, 3.63) is 81.2 Å². The molecule has 34 heavy (non-hydrogen) atoms. The molecule has 0 fully saturated rings. The van der Waals surface area contributed by atoms with Crippen LogP contribution < -0.4 is 18.0 Å². The highest BCUT2D eigenvalue weighted by atomic mass is 27.2. The molecule has 3 rings (SSSR count). The van der Waals surface area contributed by atoms with E-state index < -0.39 is 108 Å². The zero-order valence-electron chi connectivity index (χ0n) is 17.2. The number of methoxy groups -OCH3 is 1. The van der Waals surface area contributed by atoms with Gasteiger partial charge in [0.25, 0.3) is 0 Å². The number of rotatable bonds is 4. The van der Waals surface area contributed by atoms with Crippen LogP contribution in [-0.2, 0) is 0 Å². The van der Waals surface area contributed by atoms with Crippen LogP contribution in [0.4, 0.5) is 48.3 Å². The predicted octanol–water partition coefficient (Wildman–Crippen LogP) is 4.36. The highest BCUT2D eigenvalue weighted by molar-refractivity contribution is 6.95. The Morgan fingerprint density at radius 2 is 0.853 bits per heavy atom. The standard InChI is InChI=1S/2C7H3F4.C7H4F3O.Al/c2*1-3-6(10)4(8)2-5(9)7(3)11;1-11-7-5(9)2-4(8)3-6(7)10;/h2*1H3;2H,1H3;. The second kappa shape index (κ2) is 9.11. The average Bonchev–Trinajstić information content (AvgIpc) is 2.78. The summed E-state index contributed by atoms with van der Waals surface area (Å²) in [6, 6.07) is -0.0926. The van der Waals surface area contributed by atoms with E-state index in [0.717, 1.165) is 0 Å². The second-order valence-electron chi connectivity index (χ2n) is 7.12. The van der Waals surface area contributed by atoms with Crippen molar-refractivity contribution in [2.75, 3.05) is 7.11 Å². The molecular formula is C21H10AlF11O. The fourth-order valence-corrected chi connectivity index (χ4v) is 6.63. The van der Waals surface area contributed by atoms with Crippen molar-refractivity contribution in [2.45, 2.75) is 13.8 Å². The zero-order chi connectivity index (χ0) is 25.8. The molecule has 0 amide bonds. The Morgan fingerprint density at radius 3 is 1.18 bits per heavy atom. The summed E-state index contributed by atoms with van der Waals surface area (Å²) in [6.07, 6.45) is 0. The van der Waals surface area contributed by atoms with Crippen LogP contribution in [0, 0.1) is 77.8 Å². The molecule has 0 atom stereocenters. The lowest BCUT2D eigenvalue weighted by Crippen LogP contribution is -2.60. The average molecular weight is 514 g/mol. The molecule has 0 unspecified atom stereocenters. The molecule has 0 aromatic heterocycles. The van der Waals surface area contributed by atoms with Crippen LogP contribution in [0.25, 0.3) is 0 Å². The Morgan fingerprint density at radius 1 is 0.500 bits per heavy atom. The molecule has 0 heterocycles. The number of halogens is 11. The molecule has 0 radical (unpaired) electrons. The first-order valence-electron chi connectivity index (χ1n) is 9.13. The maximum atomic E-state index is 15.1. The largest absolute Gasteiger partial charge is 0.491 e. The summed E-state index contributed by atoms with van der Waals surface area (Å²) in [4.78, 5) is 0. The molecule has 0 aliphatic heterocycles. The van der Waals surface area contributed by atoms with Gasteiger partial charge in [0.15, 0.2) is 40.7 Å². The van der Waals surface area contributed by atoms with Gasteiger partial charge in [0.2, 0.25) is 0 Å². The SMILES string of the molecule is COc1c(F)cc(F)[c]([Al]([c]2c(F)c(F)c(C)c(F)c2F)[c]2c(F)c(F)c(C)c(F)c2F)c1F. The van der Waals surface area contributed by atoms with Gasteiger partial charge in [-0.25, -0.2) is 48.3 Å². The maximum absolute atomic E-state index is 15.1. The van der Waals surface area contributed by atoms with E-state index in [9.17, 15) is 43.9 Å². The quantitative estimate of drug-likeness (QED) is 0.286. The van der Waals surface area contributed by atoms with E-state index in [1.165, 1.54) is 0 Å². The van der Waals surface area contributed by atoms with Gasteiger partial charge in [0.1, 0.15) is 29.1 Å². The smallest absolute Gasteiger partial charge is 0.412 e. The molecule has 0 aliphatic carbocycles. The van der Waals surface area contributed by atoms with Gasteiger partial charge in [-0.2, -0.15) is 0 Å². The lowest BCUT2D eigenvalue weighted by molar-refractivity contribution is 0.358. The van der Waals surface area contributed by atoms with E-state index >= 15 is 4.39 Å². The normalized spacial score (nSPS) is 11.2. The Labute approximate surface area is 188 Å². The third-order valence-corrected chi connectivity index (χ3v) is 8.54. The number of hydrogen-bond acceptors (Lipinski definition) is 1. The van der Waals surface area contributed by atoms with Crippen LogP contribution in [0.15, 0.2) is 6.07 Å². The van der Waals surface area contributed by atoms with E-state index in [1.807, 2.05) is 0 Å². The monoisotopic (exact) mass is 514 g/mol. The van der Waals surface area contributed by atoms with E-state index in [4.69, 9.17) is 0 Å². The Hall–Kier alpha value is -2.78. The zero-order valence-corrected chi connectivity index (χ0v) is 18.4. The molecule has 0 saturated carbocycles. The summed E-state index contributed by atoms with van der Waals surface area (Å²) in [5, 5.41) is 0. The summed E-state index contributed by atoms with van der Waals surface area (Å²) in [5.74, 6) is -24.8. The van der Waals surface area contributed by atoms with Crippen molar-refractivity contribution in [1.82, 2.24) is 0 Å². The van der Waals surface area contributed by atoms with Crippen molar-refractivity contribution >= 4 is 27.4 Å². The number of ether oxygens (including phenoxy) is 1. The minimum Gasteiger partial charge on any atom is -0.491 e. The molecule has 0 bridgehead atoms. The molecular weight excluding hydrogens is 504 g/mol. The minimum atomic E-state index is -5.22. The number of benzene rings is 3. The number of hydrogen-bond donors (Lipinski definition) is 0. The highest BCUT2D eigenvalue weighted by Crippen LogP contribution is 2.25. The summed E-state index contributed by atoms with van der Waals surface area (Å²) in [6.45, 7) is 1.18. The highest BCUT2D eigenvalue weighted by Gasteiger charge is 2.45. The molecule has 3 aromatic carbocycles. The summed E-state index contributed by atoms with van der Waals surface area (Å²) in [5.41, 5.74) is -2.46. The third-order valence-electron chi connectivity index (χ3n) is 5.27. The van der Waals surface area contributed by atoms with Gasteiger partial charge in [-0.15, -0.1) is 0 Å². The molecule has 180 valence electrons. The van der Waals surface area contributed by atoms with Gasteiger partial charge in [-0.05, 0) is 27.1 Å². The minimum absolute atomic E-state index is 0.0926. The molecule has 0 saturated heterocycles. The Kier molecular flexibility index (Phi) is 6.92. The summed E-state index contributed by atoms with van der Waals surface area (Å²) < 4.78 is 159. The molecule has 1 nitrogen and oxygen atoms in total. The Balaban J connectivity index is 2.65. The first kappa shape index (κ1) is 25.8. The molecule has 0 spiro atoms. The second-order valence-corrected chi connectivity index (χ2v) is 9.72. The predicted molar refractivity (Wildman–Crippen MR) is 99.5 cm³/mol. The summed E-state index contributed by atoms with van der Waals surface area (Å²) >= 11 is -5.22. The van der Waals surface area contributed by atoms with Gasteiger partial charge in [0, 0.05) is 17.2 Å². The Bertz CT molecular complexity index is 1210. The molecule has 0 aliphatic rings. The van der Waals surface area contributed by atoms with Crippen LogP contribution >= 0.6 is 0 Å². The molecule has 3 aromatic rings. The molecule has 13 heteroatoms. The van der Waals surface area contributed by atoms with Gasteiger partial charge >= 0.3 is 14.1 Å². The van der Waals surface area contributed by atoms with E-state index in [2.05, 4.69) is 4.74 Å². The van der Waals surface area contributed by atoms with Crippen LogP contribution in [0.1, 0.15) is 11.1 Å². The van der Waals surface area contributed by atoms with Crippen LogP contribution in [0.5, 0.6) is 5.75 Å². The summed E-state index contributed by atoms with van der Waals surface area (Å²) in [7, 11) is 0.679. The fourth-order valence-electron chi connectivity index (χ4n) is 3.49. The maximum Gasteiger partial charge on any atom is 0.412 e. The topological polar surface area (TPSA) is 9.23 Å². The van der Waals surface area contributed by atoms with Crippen LogP contribution in [0.2, 0.25) is 0 Å². The van der Waals surface area contributed by atoms with Crippen molar-refractivity contribution in [3.8, 4) is 5.75 Å². The van der Waals surface area contributed by atoms with Gasteiger partial charge < -0.3 is 4.74 Å². The van der Waals surface area contributed by atoms with Crippen molar-refractivity contribution < 1.29 is 53.0 Å². The van der Waals surface area contributed by atoms with Gasteiger partial charge in [0.05, 0.1) is 7.11 Å². The first-order valence-corrected chi connectivity index (χ1v) is 10.9. The van der Waals surface area contributed by atoms with E-state index in [1.54, 1.807) is 0 Å². The third kappa shape index (κ3) is 3.71. The van der Waals surface area contributed by atoms with Crippen LogP contribution in [-0.4, -0.2) is 21.3 Å². The lowest BCUT2D eigenvalue weighted by atomic mass is 10.2. The van der Waals surface area contributed by atoms with E-state index in [-0.39, 0.29) is 6.07 Å². The van der Waals surface area contributed by atoms with Crippen molar-refractivity contribution in [2.24, 2.45) is 0 Å². The van der Waals surface area contributed by atoms with Gasteiger partial charge in [-0.1, -0.05) is 0 Å². The first-order chi connectivity index (χ1) is 15.8. The molecule has 0 N–H and O–H groups in total. The van der Waals surface area contributed by atoms with E-state index in [0.29, 0.717) is 21.0 Å². The lowest BCUT2D eigenvalue weighted by Gasteiger charge is -2.21. The van der Waals surface area contributed by atoms with Gasteiger partial charge in [-0.3, -0.25) is 0 Å². The van der Waals surface area contributed by atoms with Crippen molar-refractivity contribution in [1.29, 1.82) is 0 Å².